The van der Waals surface area contributed by atoms with E-state index in [0.717, 1.165) is 94.3 Å². The summed E-state index contributed by atoms with van der Waals surface area (Å²) in [4.78, 5) is 20.2. The summed E-state index contributed by atoms with van der Waals surface area (Å²) in [5, 5.41) is 4.47. The van der Waals surface area contributed by atoms with Crippen molar-refractivity contribution in [1.82, 2.24) is 29.1 Å². The number of hydrogen-bond acceptors (Lipinski definition) is 4. The lowest BCUT2D eigenvalue weighted by Gasteiger charge is -2.14. The van der Waals surface area contributed by atoms with Crippen LogP contribution < -0.4 is 0 Å². The zero-order chi connectivity index (χ0) is 37.0. The summed E-state index contributed by atoms with van der Waals surface area (Å²) in [5.74, 6) is 0.599. The molecule has 262 valence electrons. The number of pyridine rings is 2. The van der Waals surface area contributed by atoms with E-state index >= 15 is 0 Å². The highest BCUT2D eigenvalue weighted by atomic mass is 15.2. The molecule has 0 saturated heterocycles. The molecule has 0 amide bonds. The van der Waals surface area contributed by atoms with E-state index in [1.807, 2.05) is 48.8 Å². The number of aromatic nitrogens is 6. The first-order valence-corrected chi connectivity index (χ1v) is 18.7. The number of hydrogen-bond donors (Lipinski definition) is 0. The first kappa shape index (κ1) is 31.8. The third-order valence-electron chi connectivity index (χ3n) is 10.6. The van der Waals surface area contributed by atoms with Gasteiger partial charge in [0.1, 0.15) is 0 Å². The summed E-state index contributed by atoms with van der Waals surface area (Å²) >= 11 is 0. The highest BCUT2D eigenvalue weighted by Gasteiger charge is 2.24. The van der Waals surface area contributed by atoms with Gasteiger partial charge >= 0.3 is 0 Å². The summed E-state index contributed by atoms with van der Waals surface area (Å²) in [7, 11) is 0. The van der Waals surface area contributed by atoms with E-state index in [1.54, 1.807) is 0 Å². The second kappa shape index (κ2) is 13.0. The minimum atomic E-state index is 0.599. The van der Waals surface area contributed by atoms with Crippen LogP contribution in [-0.4, -0.2) is 29.1 Å². The summed E-state index contributed by atoms with van der Waals surface area (Å²) < 4.78 is 4.66. The van der Waals surface area contributed by atoms with Crippen molar-refractivity contribution in [3.05, 3.63) is 194 Å². The SMILES string of the molecule is c1ccc(-c2cc(-c3ccccc3)nc(-n3c4ccc(-c5ccccn5)cc4c4ccc5c6cc(-c7ccccn7)ccc6n(-c6ccccc6)c5c43)n2)cc1. The van der Waals surface area contributed by atoms with E-state index in [2.05, 4.69) is 155 Å². The standard InChI is InChI=1S/C50H32N6/c1-4-14-33(15-5-1)44-32-45(34-16-6-2-7-17-34)54-50(53-44)56-47-27-23-36(43-21-11-13-29-52-43)31-41(47)39-25-24-38-40-30-35(42-20-10-12-28-51-42)22-26-46(40)55(48(38)49(39)56)37-18-8-3-9-19-37/h1-32H. The number of benzene rings is 6. The molecular weight excluding hydrogens is 685 g/mol. The maximum absolute atomic E-state index is 5.39. The minimum absolute atomic E-state index is 0.599. The molecule has 0 radical (unpaired) electrons. The molecule has 0 aliphatic rings. The quantitative estimate of drug-likeness (QED) is 0.172. The summed E-state index contributed by atoms with van der Waals surface area (Å²) in [6, 6.07) is 63.4. The third kappa shape index (κ3) is 5.19. The van der Waals surface area contributed by atoms with Crippen molar-refractivity contribution in [2.24, 2.45) is 0 Å². The predicted molar refractivity (Wildman–Crippen MR) is 228 cm³/mol. The highest BCUT2D eigenvalue weighted by Crippen LogP contribution is 2.43. The van der Waals surface area contributed by atoms with Crippen LogP contribution in [0.5, 0.6) is 0 Å². The topological polar surface area (TPSA) is 61.4 Å². The molecule has 0 aliphatic heterocycles. The first-order valence-electron chi connectivity index (χ1n) is 18.7. The van der Waals surface area contributed by atoms with E-state index in [0.29, 0.717) is 5.95 Å². The van der Waals surface area contributed by atoms with Crippen LogP contribution in [0.25, 0.3) is 100 Å². The Hall–Kier alpha value is -7.70. The van der Waals surface area contributed by atoms with Gasteiger partial charge in [-0.05, 0) is 66.7 Å². The number of nitrogens with zero attached hydrogens (tertiary/aromatic N) is 6. The lowest BCUT2D eigenvalue weighted by molar-refractivity contribution is 0.995. The molecule has 6 heteroatoms. The fraction of sp³-hybridized carbons (Fsp3) is 0. The largest absolute Gasteiger partial charge is 0.307 e. The highest BCUT2D eigenvalue weighted by molar-refractivity contribution is 6.24. The van der Waals surface area contributed by atoms with Gasteiger partial charge in [0.25, 0.3) is 0 Å². The molecule has 0 spiro atoms. The minimum Gasteiger partial charge on any atom is -0.307 e. The summed E-state index contributed by atoms with van der Waals surface area (Å²) in [6.45, 7) is 0. The Morgan fingerprint density at radius 1 is 0.321 bits per heavy atom. The van der Waals surface area contributed by atoms with Crippen LogP contribution in [0.15, 0.2) is 194 Å². The molecule has 0 saturated carbocycles. The van der Waals surface area contributed by atoms with Crippen LogP contribution >= 0.6 is 0 Å². The molecular formula is C50H32N6. The number of fused-ring (bicyclic) bond motifs is 7. The van der Waals surface area contributed by atoms with E-state index in [1.165, 1.54) is 0 Å². The van der Waals surface area contributed by atoms with Gasteiger partial charge in [-0.25, -0.2) is 9.97 Å². The van der Waals surface area contributed by atoms with Crippen LogP contribution in [0.2, 0.25) is 0 Å². The molecule has 11 aromatic rings. The normalized spacial score (nSPS) is 11.6. The molecule has 0 unspecified atom stereocenters. The zero-order valence-corrected chi connectivity index (χ0v) is 30.2. The van der Waals surface area contributed by atoms with Gasteiger partial charge in [-0.3, -0.25) is 14.5 Å². The van der Waals surface area contributed by atoms with Gasteiger partial charge in [0.05, 0.1) is 44.8 Å². The van der Waals surface area contributed by atoms with Gasteiger partial charge in [0.2, 0.25) is 5.95 Å². The number of para-hydroxylation sites is 1. The average Bonchev–Trinajstić information content (AvgIpc) is 3.80. The monoisotopic (exact) mass is 716 g/mol. The third-order valence-corrected chi connectivity index (χ3v) is 10.6. The van der Waals surface area contributed by atoms with Crippen LogP contribution in [0.4, 0.5) is 0 Å². The molecule has 0 N–H and O–H groups in total. The molecule has 0 bridgehead atoms. The van der Waals surface area contributed by atoms with Crippen molar-refractivity contribution >= 4 is 43.6 Å². The van der Waals surface area contributed by atoms with Crippen LogP contribution in [0.3, 0.4) is 0 Å². The van der Waals surface area contributed by atoms with Crippen molar-refractivity contribution in [2.75, 3.05) is 0 Å². The second-order valence-electron chi connectivity index (χ2n) is 13.9. The maximum Gasteiger partial charge on any atom is 0.235 e. The lowest BCUT2D eigenvalue weighted by atomic mass is 10.0. The van der Waals surface area contributed by atoms with Crippen molar-refractivity contribution in [1.29, 1.82) is 0 Å². The molecule has 5 aromatic heterocycles. The molecule has 56 heavy (non-hydrogen) atoms. The predicted octanol–water partition coefficient (Wildman–Crippen LogP) is 12.1. The summed E-state index contributed by atoms with van der Waals surface area (Å²) in [6.07, 6.45) is 3.69. The fourth-order valence-corrected chi connectivity index (χ4v) is 8.09. The Morgan fingerprint density at radius 2 is 0.786 bits per heavy atom. The molecule has 5 heterocycles. The second-order valence-corrected chi connectivity index (χ2v) is 13.9. The molecule has 6 aromatic carbocycles. The Bertz CT molecular complexity index is 3150. The Morgan fingerprint density at radius 3 is 1.29 bits per heavy atom. The molecule has 0 fully saturated rings. The number of rotatable bonds is 6. The maximum atomic E-state index is 5.39. The lowest BCUT2D eigenvalue weighted by Crippen LogP contribution is -2.05. The first-order chi connectivity index (χ1) is 27.8. The van der Waals surface area contributed by atoms with Crippen molar-refractivity contribution in [3.63, 3.8) is 0 Å². The average molecular weight is 717 g/mol. The van der Waals surface area contributed by atoms with Gasteiger partial charge in [-0.2, -0.15) is 0 Å². The van der Waals surface area contributed by atoms with Gasteiger partial charge in [-0.1, -0.05) is 115 Å². The Labute approximate surface area is 322 Å². The zero-order valence-electron chi connectivity index (χ0n) is 30.2. The molecule has 0 atom stereocenters. The Balaban J connectivity index is 1.31. The van der Waals surface area contributed by atoms with Crippen LogP contribution in [-0.2, 0) is 0 Å². The van der Waals surface area contributed by atoms with Crippen molar-refractivity contribution in [3.8, 4) is 56.7 Å². The van der Waals surface area contributed by atoms with Crippen LogP contribution in [0, 0.1) is 0 Å². The summed E-state index contributed by atoms with van der Waals surface area (Å²) in [5.41, 5.74) is 13.0. The molecule has 11 rings (SSSR count). The van der Waals surface area contributed by atoms with Gasteiger partial charge in [0, 0.05) is 61.9 Å². The fourth-order valence-electron chi connectivity index (χ4n) is 8.09. The van der Waals surface area contributed by atoms with Gasteiger partial charge < -0.3 is 4.57 Å². The van der Waals surface area contributed by atoms with E-state index < -0.39 is 0 Å². The Kier molecular flexibility index (Phi) is 7.38. The van der Waals surface area contributed by atoms with Crippen molar-refractivity contribution in [2.45, 2.75) is 0 Å². The van der Waals surface area contributed by atoms with E-state index in [9.17, 15) is 0 Å². The van der Waals surface area contributed by atoms with E-state index in [-0.39, 0.29) is 0 Å². The van der Waals surface area contributed by atoms with E-state index in [4.69, 9.17) is 19.9 Å². The molecule has 0 aliphatic carbocycles. The van der Waals surface area contributed by atoms with Gasteiger partial charge in [0.15, 0.2) is 0 Å². The van der Waals surface area contributed by atoms with Crippen LogP contribution in [0.1, 0.15) is 0 Å². The molecule has 6 nitrogen and oxygen atoms in total. The van der Waals surface area contributed by atoms with Crippen molar-refractivity contribution < 1.29 is 0 Å². The smallest absolute Gasteiger partial charge is 0.235 e. The van der Waals surface area contributed by atoms with Gasteiger partial charge in [-0.15, -0.1) is 0 Å².